The number of aryl methyl sites for hydroxylation is 2. The van der Waals surface area contributed by atoms with Crippen molar-refractivity contribution in [2.75, 3.05) is 0 Å². The maximum Gasteiger partial charge on any atom is 0.424 e. The zero-order valence-corrected chi connectivity index (χ0v) is 11.8. The smallest absolute Gasteiger partial charge is 0.424 e. The van der Waals surface area contributed by atoms with Gasteiger partial charge < -0.3 is 4.74 Å². The first-order valence-corrected chi connectivity index (χ1v) is 6.00. The Labute approximate surface area is 109 Å². The summed E-state index contributed by atoms with van der Waals surface area (Å²) >= 11 is 0. The van der Waals surface area contributed by atoms with Crippen LogP contribution in [0.25, 0.3) is 0 Å². The Hall–Kier alpha value is -1.55. The summed E-state index contributed by atoms with van der Waals surface area (Å²) in [6.07, 6.45) is -0.513. The van der Waals surface area contributed by atoms with E-state index >= 15 is 0 Å². The Bertz CT molecular complexity index is 436. The molecule has 0 radical (unpaired) electrons. The van der Waals surface area contributed by atoms with Crippen LogP contribution in [0.3, 0.4) is 0 Å². The summed E-state index contributed by atoms with van der Waals surface area (Å²) in [4.78, 5) is 11.7. The fourth-order valence-electron chi connectivity index (χ4n) is 1.48. The number of rotatable bonds is 2. The molecule has 0 saturated heterocycles. The molecule has 1 rings (SSSR count). The van der Waals surface area contributed by atoms with E-state index in [-0.39, 0.29) is 0 Å². The zero-order valence-electron chi connectivity index (χ0n) is 11.8. The Kier molecular flexibility index (Phi) is 4.35. The third-order valence-electron chi connectivity index (χ3n) is 2.55. The van der Waals surface area contributed by atoms with E-state index in [4.69, 9.17) is 10.6 Å². The van der Waals surface area contributed by atoms with Gasteiger partial charge >= 0.3 is 6.09 Å². The second-order valence-corrected chi connectivity index (χ2v) is 5.53. The third kappa shape index (κ3) is 4.37. The molecule has 0 aliphatic heterocycles. The molecular weight excluding hydrogens is 228 g/mol. The minimum Gasteiger partial charge on any atom is -0.443 e. The standard InChI is InChI=1S/C14H22N2O2/c1-10-6-7-12(8-11(10)2)9-16(15)13(17)18-14(3,4)5/h6-8H,9,15H2,1-5H3. The van der Waals surface area contributed by atoms with Gasteiger partial charge in [0.05, 0.1) is 6.54 Å². The molecule has 100 valence electrons. The van der Waals surface area contributed by atoms with Crippen molar-refractivity contribution in [3.8, 4) is 0 Å². The van der Waals surface area contributed by atoms with E-state index in [9.17, 15) is 4.79 Å². The Balaban J connectivity index is 2.66. The van der Waals surface area contributed by atoms with Gasteiger partial charge in [-0.1, -0.05) is 18.2 Å². The van der Waals surface area contributed by atoms with Crippen LogP contribution >= 0.6 is 0 Å². The largest absolute Gasteiger partial charge is 0.443 e. The number of amides is 1. The van der Waals surface area contributed by atoms with Gasteiger partial charge in [-0.2, -0.15) is 0 Å². The number of carbonyl (C=O) groups excluding carboxylic acids is 1. The van der Waals surface area contributed by atoms with Crippen LogP contribution in [-0.4, -0.2) is 16.7 Å². The highest BCUT2D eigenvalue weighted by Gasteiger charge is 2.20. The van der Waals surface area contributed by atoms with Crippen molar-refractivity contribution < 1.29 is 9.53 Å². The molecule has 0 heterocycles. The predicted octanol–water partition coefficient (Wildman–Crippen LogP) is 2.91. The minimum absolute atomic E-state index is 0.343. The number of benzene rings is 1. The molecule has 1 amide bonds. The van der Waals surface area contributed by atoms with E-state index in [1.165, 1.54) is 11.1 Å². The lowest BCUT2D eigenvalue weighted by atomic mass is 10.1. The summed E-state index contributed by atoms with van der Waals surface area (Å²) in [5.74, 6) is 5.70. The average Bonchev–Trinajstić information content (AvgIpc) is 2.21. The molecule has 0 aliphatic carbocycles. The van der Waals surface area contributed by atoms with Gasteiger partial charge in [0.15, 0.2) is 0 Å². The molecule has 0 saturated carbocycles. The molecule has 18 heavy (non-hydrogen) atoms. The van der Waals surface area contributed by atoms with E-state index in [2.05, 4.69) is 0 Å². The van der Waals surface area contributed by atoms with Crippen LogP contribution in [0.15, 0.2) is 18.2 Å². The molecule has 0 fully saturated rings. The van der Waals surface area contributed by atoms with Gasteiger partial charge in [-0.05, 0) is 51.3 Å². The van der Waals surface area contributed by atoms with Crippen LogP contribution in [0.2, 0.25) is 0 Å². The van der Waals surface area contributed by atoms with Gasteiger partial charge in [-0.3, -0.25) is 0 Å². The lowest BCUT2D eigenvalue weighted by Gasteiger charge is -2.24. The molecule has 4 nitrogen and oxygen atoms in total. The molecule has 0 unspecified atom stereocenters. The molecular formula is C14H22N2O2. The summed E-state index contributed by atoms with van der Waals surface area (Å²) < 4.78 is 5.19. The number of hydrogen-bond donors (Lipinski definition) is 1. The predicted molar refractivity (Wildman–Crippen MR) is 71.9 cm³/mol. The Morgan fingerprint density at radius 3 is 2.39 bits per heavy atom. The van der Waals surface area contributed by atoms with Crippen molar-refractivity contribution in [3.05, 3.63) is 34.9 Å². The minimum atomic E-state index is -0.530. The molecule has 2 N–H and O–H groups in total. The van der Waals surface area contributed by atoms with Crippen molar-refractivity contribution in [1.82, 2.24) is 5.01 Å². The first kappa shape index (κ1) is 14.5. The number of nitrogens with zero attached hydrogens (tertiary/aromatic N) is 1. The van der Waals surface area contributed by atoms with E-state index < -0.39 is 11.7 Å². The number of carbonyl (C=O) groups is 1. The van der Waals surface area contributed by atoms with E-state index in [1.54, 1.807) is 0 Å². The van der Waals surface area contributed by atoms with Crippen LogP contribution in [-0.2, 0) is 11.3 Å². The summed E-state index contributed by atoms with van der Waals surface area (Å²) in [6, 6.07) is 6.01. The number of hydrazine groups is 1. The van der Waals surface area contributed by atoms with Crippen LogP contribution < -0.4 is 5.84 Å². The molecule has 4 heteroatoms. The fourth-order valence-corrected chi connectivity index (χ4v) is 1.48. The van der Waals surface area contributed by atoms with Crippen LogP contribution in [0, 0.1) is 13.8 Å². The van der Waals surface area contributed by atoms with E-state index in [1.807, 2.05) is 52.8 Å². The molecule has 0 aliphatic rings. The van der Waals surface area contributed by atoms with Crippen molar-refractivity contribution in [3.63, 3.8) is 0 Å². The monoisotopic (exact) mass is 250 g/mol. The van der Waals surface area contributed by atoms with Gasteiger partial charge in [0.2, 0.25) is 0 Å². The van der Waals surface area contributed by atoms with Gasteiger partial charge in [-0.15, -0.1) is 0 Å². The summed E-state index contributed by atoms with van der Waals surface area (Å²) in [5.41, 5.74) is 2.87. The molecule has 1 aromatic rings. The highest BCUT2D eigenvalue weighted by molar-refractivity contribution is 5.67. The SMILES string of the molecule is Cc1ccc(CN(N)C(=O)OC(C)(C)C)cc1C. The quantitative estimate of drug-likeness (QED) is 0.499. The van der Waals surface area contributed by atoms with Crippen molar-refractivity contribution >= 4 is 6.09 Å². The lowest BCUT2D eigenvalue weighted by Crippen LogP contribution is -2.40. The topological polar surface area (TPSA) is 55.6 Å². The first-order valence-electron chi connectivity index (χ1n) is 6.00. The molecule has 0 bridgehead atoms. The highest BCUT2D eigenvalue weighted by atomic mass is 16.6. The average molecular weight is 250 g/mol. The van der Waals surface area contributed by atoms with Gasteiger partial charge in [-0.25, -0.2) is 15.6 Å². The van der Waals surface area contributed by atoms with Gasteiger partial charge in [0.1, 0.15) is 5.60 Å². The maximum absolute atomic E-state index is 11.7. The Morgan fingerprint density at radius 2 is 1.89 bits per heavy atom. The normalized spacial score (nSPS) is 11.2. The summed E-state index contributed by atoms with van der Waals surface area (Å²) in [6.45, 7) is 9.87. The molecule has 0 aromatic heterocycles. The highest BCUT2D eigenvalue weighted by Crippen LogP contribution is 2.13. The van der Waals surface area contributed by atoms with E-state index in [0.717, 1.165) is 10.6 Å². The first-order chi connectivity index (χ1) is 8.19. The number of nitrogens with two attached hydrogens (primary N) is 1. The van der Waals surface area contributed by atoms with Crippen molar-refractivity contribution in [2.24, 2.45) is 5.84 Å². The second kappa shape index (κ2) is 5.40. The van der Waals surface area contributed by atoms with Gasteiger partial charge in [0.25, 0.3) is 0 Å². The summed E-state index contributed by atoms with van der Waals surface area (Å²) in [7, 11) is 0. The zero-order chi connectivity index (χ0) is 13.9. The van der Waals surface area contributed by atoms with Crippen LogP contribution in [0.5, 0.6) is 0 Å². The van der Waals surface area contributed by atoms with Crippen molar-refractivity contribution in [1.29, 1.82) is 0 Å². The van der Waals surface area contributed by atoms with E-state index in [0.29, 0.717) is 6.54 Å². The maximum atomic E-state index is 11.7. The number of ether oxygens (including phenoxy) is 1. The number of hydrogen-bond acceptors (Lipinski definition) is 3. The van der Waals surface area contributed by atoms with Crippen LogP contribution in [0.4, 0.5) is 4.79 Å². The Morgan fingerprint density at radius 1 is 1.28 bits per heavy atom. The molecule has 1 aromatic carbocycles. The lowest BCUT2D eigenvalue weighted by molar-refractivity contribution is 0.0231. The van der Waals surface area contributed by atoms with Crippen LogP contribution in [0.1, 0.15) is 37.5 Å². The van der Waals surface area contributed by atoms with Gasteiger partial charge in [0, 0.05) is 0 Å². The molecule has 0 atom stereocenters. The van der Waals surface area contributed by atoms with Crippen molar-refractivity contribution in [2.45, 2.75) is 46.8 Å². The fraction of sp³-hybridized carbons (Fsp3) is 0.500. The third-order valence-corrected chi connectivity index (χ3v) is 2.55. The summed E-state index contributed by atoms with van der Waals surface area (Å²) in [5, 5.41) is 1.09. The molecule has 0 spiro atoms. The second-order valence-electron chi connectivity index (χ2n) is 5.53.